The van der Waals surface area contributed by atoms with E-state index < -0.39 is 11.6 Å². The van der Waals surface area contributed by atoms with Crippen LogP contribution in [-0.4, -0.2) is 10.2 Å². The molecule has 0 fully saturated rings. The van der Waals surface area contributed by atoms with Gasteiger partial charge in [0.15, 0.2) is 23.1 Å². The molecule has 2 rings (SSSR count). The van der Waals surface area contributed by atoms with E-state index in [1.165, 1.54) is 36.0 Å². The van der Waals surface area contributed by atoms with E-state index in [1.54, 1.807) is 12.1 Å². The maximum Gasteiger partial charge on any atom is 0.165 e. The van der Waals surface area contributed by atoms with Crippen LogP contribution >= 0.6 is 11.8 Å². The van der Waals surface area contributed by atoms with E-state index in [1.807, 2.05) is 0 Å². The normalized spacial score (nSPS) is 10.6. The van der Waals surface area contributed by atoms with Gasteiger partial charge in [0.2, 0.25) is 0 Å². The van der Waals surface area contributed by atoms with Crippen molar-refractivity contribution in [2.24, 2.45) is 0 Å². The Morgan fingerprint density at radius 1 is 0.789 bits per heavy atom. The second kappa shape index (κ2) is 5.93. The third-order valence-corrected chi connectivity index (χ3v) is 3.69. The summed E-state index contributed by atoms with van der Waals surface area (Å²) in [5.41, 5.74) is 0.946. The highest BCUT2D eigenvalue weighted by molar-refractivity contribution is 7.97. The number of phenols is 2. The van der Waals surface area contributed by atoms with Gasteiger partial charge < -0.3 is 10.2 Å². The molecule has 0 aliphatic rings. The fraction of sp³-hybridized carbons (Fsp3) is 0.143. The third-order valence-electron chi connectivity index (χ3n) is 2.66. The third kappa shape index (κ3) is 3.17. The molecule has 2 aromatic rings. The predicted molar refractivity (Wildman–Crippen MR) is 71.1 cm³/mol. The van der Waals surface area contributed by atoms with E-state index in [2.05, 4.69) is 0 Å². The van der Waals surface area contributed by atoms with E-state index in [0.717, 1.165) is 0 Å². The molecular weight excluding hydrogens is 270 g/mol. The average molecular weight is 282 g/mol. The lowest BCUT2D eigenvalue weighted by Gasteiger charge is -2.07. The highest BCUT2D eigenvalue weighted by Crippen LogP contribution is 2.29. The molecule has 0 heterocycles. The van der Waals surface area contributed by atoms with E-state index >= 15 is 0 Å². The largest absolute Gasteiger partial charge is 0.505 e. The fourth-order valence-corrected chi connectivity index (χ4v) is 2.63. The summed E-state index contributed by atoms with van der Waals surface area (Å²) >= 11 is 1.35. The topological polar surface area (TPSA) is 40.5 Å². The summed E-state index contributed by atoms with van der Waals surface area (Å²) in [6.07, 6.45) is 0. The molecule has 2 aromatic carbocycles. The summed E-state index contributed by atoms with van der Waals surface area (Å²) in [7, 11) is 0. The summed E-state index contributed by atoms with van der Waals surface area (Å²) in [6, 6.07) is 8.65. The van der Waals surface area contributed by atoms with Gasteiger partial charge in [0.25, 0.3) is 0 Å². The van der Waals surface area contributed by atoms with Gasteiger partial charge in [0.05, 0.1) is 0 Å². The van der Waals surface area contributed by atoms with Crippen molar-refractivity contribution in [3.05, 3.63) is 59.2 Å². The number of para-hydroxylation sites is 2. The van der Waals surface area contributed by atoms with Crippen LogP contribution in [0, 0.1) is 11.6 Å². The molecule has 0 aliphatic heterocycles. The number of benzene rings is 2. The van der Waals surface area contributed by atoms with Crippen molar-refractivity contribution in [3.63, 3.8) is 0 Å². The van der Waals surface area contributed by atoms with Crippen molar-refractivity contribution in [2.75, 3.05) is 0 Å². The molecule has 0 radical (unpaired) electrons. The Morgan fingerprint density at radius 3 is 1.63 bits per heavy atom. The summed E-state index contributed by atoms with van der Waals surface area (Å²) in [6.45, 7) is 0. The molecule has 0 saturated carbocycles. The first-order chi connectivity index (χ1) is 9.09. The number of hydrogen-bond acceptors (Lipinski definition) is 3. The lowest BCUT2D eigenvalue weighted by atomic mass is 10.2. The molecule has 0 amide bonds. The molecule has 0 spiro atoms. The van der Waals surface area contributed by atoms with Crippen molar-refractivity contribution >= 4 is 11.8 Å². The zero-order valence-electron chi connectivity index (χ0n) is 9.94. The van der Waals surface area contributed by atoms with Crippen LogP contribution in [0.5, 0.6) is 11.5 Å². The Kier molecular flexibility index (Phi) is 4.27. The SMILES string of the molecule is Oc1c(F)cccc1CSCc1cccc(F)c1O. The first-order valence-corrected chi connectivity index (χ1v) is 6.75. The number of phenolic OH excluding ortho intramolecular Hbond substituents is 2. The van der Waals surface area contributed by atoms with Gasteiger partial charge in [-0.2, -0.15) is 11.8 Å². The van der Waals surface area contributed by atoms with Crippen LogP contribution in [0.25, 0.3) is 0 Å². The van der Waals surface area contributed by atoms with Crippen LogP contribution in [0.2, 0.25) is 0 Å². The van der Waals surface area contributed by atoms with Gasteiger partial charge >= 0.3 is 0 Å². The second-order valence-corrected chi connectivity index (χ2v) is 4.97. The van der Waals surface area contributed by atoms with Gasteiger partial charge in [-0.15, -0.1) is 0 Å². The lowest BCUT2D eigenvalue weighted by molar-refractivity contribution is 0.427. The quantitative estimate of drug-likeness (QED) is 0.896. The highest BCUT2D eigenvalue weighted by Gasteiger charge is 2.09. The Morgan fingerprint density at radius 2 is 1.21 bits per heavy atom. The Hall–Kier alpha value is -1.75. The van der Waals surface area contributed by atoms with Crippen LogP contribution in [0.15, 0.2) is 36.4 Å². The van der Waals surface area contributed by atoms with Crippen molar-refractivity contribution in [1.29, 1.82) is 0 Å². The van der Waals surface area contributed by atoms with E-state index in [9.17, 15) is 19.0 Å². The first-order valence-electron chi connectivity index (χ1n) is 5.60. The molecule has 2 nitrogen and oxygen atoms in total. The zero-order chi connectivity index (χ0) is 13.8. The van der Waals surface area contributed by atoms with E-state index in [0.29, 0.717) is 22.6 Å². The number of hydrogen-bond donors (Lipinski definition) is 2. The lowest BCUT2D eigenvalue weighted by Crippen LogP contribution is -1.88. The summed E-state index contributed by atoms with van der Waals surface area (Å²) < 4.78 is 26.2. The number of rotatable bonds is 4. The molecular formula is C14H12F2O2S. The van der Waals surface area contributed by atoms with E-state index in [-0.39, 0.29) is 11.5 Å². The molecule has 5 heteroatoms. The predicted octanol–water partition coefficient (Wildman–Crippen LogP) is 3.81. The fourth-order valence-electron chi connectivity index (χ4n) is 1.62. The minimum Gasteiger partial charge on any atom is -0.505 e. The maximum atomic E-state index is 13.1. The summed E-state index contributed by atoms with van der Waals surface area (Å²) in [5.74, 6) is -1.30. The molecule has 19 heavy (non-hydrogen) atoms. The minimum atomic E-state index is -0.660. The second-order valence-electron chi connectivity index (χ2n) is 3.99. The Balaban J connectivity index is 2.00. The van der Waals surface area contributed by atoms with Crippen LogP contribution < -0.4 is 0 Å². The molecule has 0 saturated heterocycles. The molecule has 0 bridgehead atoms. The highest BCUT2D eigenvalue weighted by atomic mass is 32.2. The molecule has 0 atom stereocenters. The molecule has 0 aliphatic carbocycles. The van der Waals surface area contributed by atoms with Crippen LogP contribution in [0.4, 0.5) is 8.78 Å². The average Bonchev–Trinajstić information content (AvgIpc) is 2.39. The van der Waals surface area contributed by atoms with Gasteiger partial charge in [-0.3, -0.25) is 0 Å². The molecule has 2 N–H and O–H groups in total. The van der Waals surface area contributed by atoms with Crippen LogP contribution in [0.1, 0.15) is 11.1 Å². The van der Waals surface area contributed by atoms with Gasteiger partial charge in [0.1, 0.15) is 0 Å². The molecule has 0 unspecified atom stereocenters. The van der Waals surface area contributed by atoms with Crippen molar-refractivity contribution in [2.45, 2.75) is 11.5 Å². The smallest absolute Gasteiger partial charge is 0.165 e. The Labute approximate surface area is 113 Å². The van der Waals surface area contributed by atoms with Crippen molar-refractivity contribution in [3.8, 4) is 11.5 Å². The van der Waals surface area contributed by atoms with Crippen molar-refractivity contribution in [1.82, 2.24) is 0 Å². The van der Waals surface area contributed by atoms with Gasteiger partial charge in [-0.1, -0.05) is 24.3 Å². The van der Waals surface area contributed by atoms with Gasteiger partial charge in [-0.25, -0.2) is 8.78 Å². The van der Waals surface area contributed by atoms with Crippen LogP contribution in [0.3, 0.4) is 0 Å². The number of thioether (sulfide) groups is 1. The molecule has 100 valence electrons. The van der Waals surface area contributed by atoms with Gasteiger partial charge in [0, 0.05) is 22.6 Å². The number of aromatic hydroxyl groups is 2. The summed E-state index contributed by atoms with van der Waals surface area (Å²) in [4.78, 5) is 0. The summed E-state index contributed by atoms with van der Waals surface area (Å²) in [5, 5.41) is 19.0. The zero-order valence-corrected chi connectivity index (χ0v) is 10.8. The Bertz CT molecular complexity index is 536. The standard InChI is InChI=1S/C14H12F2O2S/c15-11-5-1-3-9(13(11)17)7-19-8-10-4-2-6-12(16)14(10)18/h1-6,17-18H,7-8H2. The first kappa shape index (κ1) is 13.7. The van der Waals surface area contributed by atoms with Crippen molar-refractivity contribution < 1.29 is 19.0 Å². The van der Waals surface area contributed by atoms with Crippen LogP contribution in [-0.2, 0) is 11.5 Å². The molecule has 0 aromatic heterocycles. The maximum absolute atomic E-state index is 13.1. The minimum absolute atomic E-state index is 0.363. The van der Waals surface area contributed by atoms with Gasteiger partial charge in [-0.05, 0) is 12.1 Å². The number of halogens is 2. The van der Waals surface area contributed by atoms with E-state index in [4.69, 9.17) is 0 Å². The monoisotopic (exact) mass is 282 g/mol.